The lowest BCUT2D eigenvalue weighted by Gasteiger charge is -2.58. The monoisotopic (exact) mass is 320 g/mol. The molecule has 0 N–H and O–H groups in total. The first kappa shape index (κ1) is 16.0. The highest BCUT2D eigenvalue weighted by Crippen LogP contribution is 2.69. The van der Waals surface area contributed by atoms with Gasteiger partial charge in [-0.05, 0) is 67.1 Å². The maximum atomic E-state index is 11.9. The summed E-state index contributed by atoms with van der Waals surface area (Å²) in [5, 5.41) is 0. The van der Waals surface area contributed by atoms with Crippen molar-refractivity contribution in [2.24, 2.45) is 34.0 Å². The van der Waals surface area contributed by atoms with E-state index in [0.29, 0.717) is 30.0 Å². The molecule has 1 heteroatoms. The first-order valence-corrected chi connectivity index (χ1v) is 9.57. The Balaban J connectivity index is 1.72. The van der Waals surface area contributed by atoms with E-state index < -0.39 is 0 Å². The molecule has 5 atom stereocenters. The molecule has 0 spiro atoms. The number of carbonyl (C=O) groups is 1. The molecule has 5 unspecified atom stereocenters. The highest BCUT2D eigenvalue weighted by Gasteiger charge is 2.63. The summed E-state index contributed by atoms with van der Waals surface area (Å²) in [4.78, 5) is 11.9. The molecule has 0 amide bonds. The maximum Gasteiger partial charge on any atom is 0.136 e. The summed E-state index contributed by atoms with van der Waals surface area (Å²) in [6, 6.07) is 0. The van der Waals surface area contributed by atoms with Crippen molar-refractivity contribution in [1.29, 1.82) is 0 Å². The minimum Gasteiger partial charge on any atom is -0.299 e. The number of hydrogen-bond acceptors (Lipinski definition) is 1. The molecule has 1 nitrogen and oxygen atoms in total. The van der Waals surface area contributed by atoms with E-state index in [1.165, 1.54) is 18.4 Å². The Morgan fingerprint density at radius 3 is 2.50 bits per heavy atom. The molecule has 4 rings (SSSR count). The third-order valence-electron chi connectivity index (χ3n) is 8.62. The Hall–Kier alpha value is -1.47. The second-order valence-corrected chi connectivity index (χ2v) is 9.16. The van der Waals surface area contributed by atoms with Gasteiger partial charge < -0.3 is 0 Å². The molecule has 4 aliphatic rings. The van der Waals surface area contributed by atoms with Crippen LogP contribution < -0.4 is 0 Å². The van der Waals surface area contributed by atoms with Crippen molar-refractivity contribution in [3.8, 4) is 24.7 Å². The molecule has 0 saturated heterocycles. The predicted molar refractivity (Wildman–Crippen MR) is 96.8 cm³/mol. The van der Waals surface area contributed by atoms with E-state index in [1.54, 1.807) is 0 Å². The summed E-state index contributed by atoms with van der Waals surface area (Å²) in [7, 11) is 0. The summed E-state index contributed by atoms with van der Waals surface area (Å²) in [6.45, 7) is 4.79. The Kier molecular flexibility index (Phi) is 3.35. The maximum absolute atomic E-state index is 11.9. The standard InChI is InChI=1S/C23H28O/c1-5-23(6-2)14-11-20-18-8-7-16-15-17(24)9-12-21(16,3)19(18)10-13-22(20,23)4/h1-2,7,18-20H,8-15H2,3-4H3. The first-order chi connectivity index (χ1) is 11.4. The first-order valence-electron chi connectivity index (χ1n) is 9.57. The van der Waals surface area contributed by atoms with Crippen LogP contribution in [0.15, 0.2) is 11.6 Å². The predicted octanol–water partition coefficient (Wildman–Crippen LogP) is 4.77. The largest absolute Gasteiger partial charge is 0.299 e. The van der Waals surface area contributed by atoms with Crippen molar-refractivity contribution >= 4 is 5.78 Å². The molecular formula is C23H28O. The summed E-state index contributed by atoms with van der Waals surface area (Å²) in [5.41, 5.74) is 1.40. The van der Waals surface area contributed by atoms with Crippen LogP contribution in [0.5, 0.6) is 0 Å². The molecule has 3 saturated carbocycles. The van der Waals surface area contributed by atoms with E-state index in [1.807, 2.05) is 0 Å². The van der Waals surface area contributed by atoms with Gasteiger partial charge >= 0.3 is 0 Å². The van der Waals surface area contributed by atoms with Crippen LogP contribution in [-0.4, -0.2) is 5.78 Å². The van der Waals surface area contributed by atoms with Crippen LogP contribution in [0.25, 0.3) is 0 Å². The van der Waals surface area contributed by atoms with Crippen molar-refractivity contribution in [3.63, 3.8) is 0 Å². The average Bonchev–Trinajstić information content (AvgIpc) is 2.88. The Labute approximate surface area is 146 Å². The summed E-state index contributed by atoms with van der Waals surface area (Å²) >= 11 is 0. The van der Waals surface area contributed by atoms with Gasteiger partial charge in [-0.2, -0.15) is 0 Å². The molecule has 24 heavy (non-hydrogen) atoms. The number of Topliss-reactive ketones (excluding diaryl/α,β-unsaturated/α-hetero) is 1. The van der Waals surface area contributed by atoms with Crippen LogP contribution in [0, 0.1) is 58.7 Å². The summed E-state index contributed by atoms with van der Waals surface area (Å²) in [5.74, 6) is 8.53. The van der Waals surface area contributed by atoms with Crippen LogP contribution in [0.3, 0.4) is 0 Å². The topological polar surface area (TPSA) is 17.1 Å². The van der Waals surface area contributed by atoms with Crippen LogP contribution in [0.2, 0.25) is 0 Å². The lowest BCUT2D eigenvalue weighted by Crippen LogP contribution is -2.51. The Bertz CT molecular complexity index is 685. The van der Waals surface area contributed by atoms with Crippen molar-refractivity contribution in [3.05, 3.63) is 11.6 Å². The smallest absolute Gasteiger partial charge is 0.136 e. The third-order valence-corrected chi connectivity index (χ3v) is 8.62. The van der Waals surface area contributed by atoms with E-state index >= 15 is 0 Å². The van der Waals surface area contributed by atoms with E-state index in [4.69, 9.17) is 12.8 Å². The van der Waals surface area contributed by atoms with E-state index in [9.17, 15) is 4.79 Å². The molecule has 4 aliphatic carbocycles. The SMILES string of the molecule is C#CC1(C#C)CCC2C3CC=C4CC(=O)CCC4(C)C3CCC21C. The second-order valence-electron chi connectivity index (χ2n) is 9.16. The van der Waals surface area contributed by atoms with Gasteiger partial charge in [0.25, 0.3) is 0 Å². The number of hydrogen-bond donors (Lipinski definition) is 0. The molecule has 0 aromatic heterocycles. The lowest BCUT2D eigenvalue weighted by molar-refractivity contribution is -0.122. The molecule has 0 radical (unpaired) electrons. The summed E-state index contributed by atoms with van der Waals surface area (Å²) < 4.78 is 0. The van der Waals surface area contributed by atoms with E-state index in [-0.39, 0.29) is 16.2 Å². The minimum atomic E-state index is -0.351. The van der Waals surface area contributed by atoms with Crippen LogP contribution in [0.1, 0.15) is 65.2 Å². The molecule has 0 bridgehead atoms. The zero-order chi connectivity index (χ0) is 17.2. The molecule has 0 aromatic rings. The van der Waals surface area contributed by atoms with Crippen molar-refractivity contribution in [1.82, 2.24) is 0 Å². The minimum absolute atomic E-state index is 0.0872. The number of carbonyl (C=O) groups excluding carboxylic acids is 1. The second kappa shape index (κ2) is 5.02. The molecule has 3 fully saturated rings. The summed E-state index contributed by atoms with van der Waals surface area (Å²) in [6.07, 6.45) is 22.4. The van der Waals surface area contributed by atoms with Gasteiger partial charge in [-0.15, -0.1) is 12.8 Å². The fourth-order valence-corrected chi connectivity index (χ4v) is 7.03. The highest BCUT2D eigenvalue weighted by molar-refractivity contribution is 5.82. The van der Waals surface area contributed by atoms with E-state index in [2.05, 4.69) is 31.8 Å². The van der Waals surface area contributed by atoms with Crippen molar-refractivity contribution in [2.75, 3.05) is 0 Å². The van der Waals surface area contributed by atoms with Gasteiger partial charge in [0.2, 0.25) is 0 Å². The van der Waals surface area contributed by atoms with Crippen molar-refractivity contribution in [2.45, 2.75) is 65.2 Å². The molecule has 0 aliphatic heterocycles. The fraction of sp³-hybridized carbons (Fsp3) is 0.696. The highest BCUT2D eigenvalue weighted by atomic mass is 16.1. The molecule has 0 aromatic carbocycles. The molecular weight excluding hydrogens is 292 g/mol. The normalized spacial score (nSPS) is 45.9. The van der Waals surface area contributed by atoms with Gasteiger partial charge in [-0.3, -0.25) is 4.79 Å². The van der Waals surface area contributed by atoms with Gasteiger partial charge in [0.1, 0.15) is 5.78 Å². The Morgan fingerprint density at radius 2 is 1.79 bits per heavy atom. The van der Waals surface area contributed by atoms with Gasteiger partial charge in [0, 0.05) is 12.8 Å². The number of terminal acetylenes is 2. The third kappa shape index (κ3) is 1.77. The van der Waals surface area contributed by atoms with Crippen LogP contribution in [0.4, 0.5) is 0 Å². The zero-order valence-electron chi connectivity index (χ0n) is 15.0. The number of fused-ring (bicyclic) bond motifs is 5. The fourth-order valence-electron chi connectivity index (χ4n) is 7.03. The van der Waals surface area contributed by atoms with Crippen molar-refractivity contribution < 1.29 is 4.79 Å². The quantitative estimate of drug-likeness (QED) is 0.464. The van der Waals surface area contributed by atoms with Gasteiger partial charge in [-0.1, -0.05) is 37.3 Å². The molecule has 126 valence electrons. The average molecular weight is 320 g/mol. The number of rotatable bonds is 0. The Morgan fingerprint density at radius 1 is 1.08 bits per heavy atom. The number of ketones is 1. The van der Waals surface area contributed by atoms with Gasteiger partial charge in [0.15, 0.2) is 0 Å². The zero-order valence-corrected chi connectivity index (χ0v) is 15.0. The van der Waals surface area contributed by atoms with Crippen LogP contribution in [-0.2, 0) is 4.79 Å². The van der Waals surface area contributed by atoms with Crippen LogP contribution >= 0.6 is 0 Å². The van der Waals surface area contributed by atoms with Gasteiger partial charge in [0.05, 0.1) is 5.41 Å². The van der Waals surface area contributed by atoms with E-state index in [0.717, 1.165) is 32.1 Å². The molecule has 0 heterocycles. The number of allylic oxidation sites excluding steroid dienone is 2. The lowest BCUT2D eigenvalue weighted by atomic mass is 9.46. The van der Waals surface area contributed by atoms with Gasteiger partial charge in [-0.25, -0.2) is 0 Å².